The quantitative estimate of drug-likeness (QED) is 0.661. The monoisotopic (exact) mass is 147 g/mol. The van der Waals surface area contributed by atoms with Crippen LogP contribution in [0.25, 0.3) is 11.0 Å². The molecule has 11 heavy (non-hydrogen) atoms. The summed E-state index contributed by atoms with van der Waals surface area (Å²) in [7, 11) is 0. The second-order valence-corrected chi connectivity index (χ2v) is 2.44. The lowest BCUT2D eigenvalue weighted by atomic mass is 10.3. The highest BCUT2D eigenvalue weighted by atomic mass is 16.5. The smallest absolute Gasteiger partial charge is 0.145 e. The van der Waals surface area contributed by atoms with Gasteiger partial charge in [0, 0.05) is 11.6 Å². The Balaban J connectivity index is 2.24. The number of hydrogen-bond acceptors (Lipinski definition) is 1. The minimum absolute atomic E-state index is 0.568. The summed E-state index contributed by atoms with van der Waals surface area (Å²) in [4.78, 5) is 3.16. The molecule has 56 valence electrons. The Kier molecular flexibility index (Phi) is 1.32. The average Bonchev–Trinajstić information content (AvgIpc) is 2.60. The van der Waals surface area contributed by atoms with E-state index in [1.165, 1.54) is 0 Å². The number of H-pyrrole nitrogens is 1. The van der Waals surface area contributed by atoms with E-state index >= 15 is 0 Å². The normalized spacial score (nSPS) is 10.5. The largest absolute Gasteiger partial charge is 0.487 e. The summed E-state index contributed by atoms with van der Waals surface area (Å²) in [5, 5.41) is 0. The third kappa shape index (κ3) is 0.963. The third-order valence-corrected chi connectivity index (χ3v) is 1.62. The van der Waals surface area contributed by atoms with Crippen LogP contribution in [0.1, 0.15) is 0 Å². The molecule has 2 aromatic heterocycles. The minimum Gasteiger partial charge on any atom is -0.487 e. The molecule has 1 N–H and O–H groups in total. The molecular formula is C9H9NO. The number of hydrogen-bond donors (Lipinski definition) is 1. The molecule has 0 fully saturated rings. The van der Waals surface area contributed by atoms with Crippen molar-refractivity contribution in [2.75, 3.05) is 6.61 Å². The molecule has 0 saturated carbocycles. The predicted octanol–water partition coefficient (Wildman–Crippen LogP) is 2.17. The molecule has 0 aliphatic heterocycles. The molecule has 2 aromatic rings. The van der Waals surface area contributed by atoms with Gasteiger partial charge >= 0.3 is 0 Å². The number of rotatable bonds is 3. The van der Waals surface area contributed by atoms with Crippen LogP contribution in [0.15, 0.2) is 30.9 Å². The molecule has 2 nitrogen and oxygen atoms in total. The first-order valence-electron chi connectivity index (χ1n) is 3.55. The molecule has 2 heteroatoms. The van der Waals surface area contributed by atoms with Gasteiger partial charge in [-0.3, -0.25) is 0 Å². The number of nitrogens with one attached hydrogen (secondary N) is 1. The van der Waals surface area contributed by atoms with Gasteiger partial charge in [0.2, 0.25) is 0 Å². The van der Waals surface area contributed by atoms with E-state index < -0.39 is 0 Å². The van der Waals surface area contributed by atoms with E-state index in [1.807, 2.05) is 18.2 Å². The van der Waals surface area contributed by atoms with Crippen LogP contribution in [-0.2, 0) is 0 Å². The summed E-state index contributed by atoms with van der Waals surface area (Å²) >= 11 is 0. The van der Waals surface area contributed by atoms with Crippen molar-refractivity contribution in [3.8, 4) is 5.75 Å². The maximum Gasteiger partial charge on any atom is 0.145 e. The fraction of sp³-hybridized carbons (Fsp3) is 0.111. The van der Waals surface area contributed by atoms with Crippen LogP contribution in [0.3, 0.4) is 0 Å². The van der Waals surface area contributed by atoms with E-state index in [1.54, 1.807) is 6.08 Å². The van der Waals surface area contributed by atoms with Crippen molar-refractivity contribution in [3.63, 3.8) is 0 Å². The number of benzene rings is 1. The van der Waals surface area contributed by atoms with Gasteiger partial charge in [-0.05, 0) is 12.1 Å². The number of fused-ring (bicyclic) bond motifs is 2. The second-order valence-electron chi connectivity index (χ2n) is 2.44. The van der Waals surface area contributed by atoms with Crippen molar-refractivity contribution >= 4 is 11.0 Å². The van der Waals surface area contributed by atoms with Crippen molar-refractivity contribution in [3.05, 3.63) is 30.9 Å². The van der Waals surface area contributed by atoms with Crippen molar-refractivity contribution in [1.82, 2.24) is 4.98 Å². The van der Waals surface area contributed by atoms with Crippen molar-refractivity contribution in [1.29, 1.82) is 0 Å². The number of aromatic nitrogens is 1. The maximum atomic E-state index is 5.36. The van der Waals surface area contributed by atoms with Gasteiger partial charge in [-0.1, -0.05) is 12.7 Å². The molecule has 0 aliphatic carbocycles. The average molecular weight is 147 g/mol. The Morgan fingerprint density at radius 1 is 1.55 bits per heavy atom. The Hall–Kier alpha value is -1.44. The highest BCUT2D eigenvalue weighted by Gasteiger charge is 2.02. The highest BCUT2D eigenvalue weighted by molar-refractivity contribution is 5.74. The number of ether oxygens (including phenoxy) is 1. The van der Waals surface area contributed by atoms with Gasteiger partial charge < -0.3 is 9.72 Å². The molecular weight excluding hydrogens is 138 g/mol. The van der Waals surface area contributed by atoms with E-state index in [0.717, 1.165) is 16.8 Å². The predicted molar refractivity (Wildman–Crippen MR) is 45.2 cm³/mol. The zero-order valence-corrected chi connectivity index (χ0v) is 6.13. The molecule has 0 amide bonds. The first kappa shape index (κ1) is 6.28. The van der Waals surface area contributed by atoms with Gasteiger partial charge in [-0.25, -0.2) is 0 Å². The van der Waals surface area contributed by atoms with Crippen molar-refractivity contribution in [2.24, 2.45) is 0 Å². The van der Waals surface area contributed by atoms with E-state index in [4.69, 9.17) is 4.74 Å². The molecule has 0 aromatic carbocycles. The van der Waals surface area contributed by atoms with Crippen molar-refractivity contribution < 1.29 is 4.74 Å². The zero-order chi connectivity index (χ0) is 7.68. The summed E-state index contributed by atoms with van der Waals surface area (Å²) < 4.78 is 5.36. The topological polar surface area (TPSA) is 25.0 Å². The lowest BCUT2D eigenvalue weighted by Gasteiger charge is -1.98. The fourth-order valence-corrected chi connectivity index (χ4v) is 1.13. The van der Waals surface area contributed by atoms with Crippen LogP contribution in [0.2, 0.25) is 0 Å². The molecule has 2 bridgehead atoms. The van der Waals surface area contributed by atoms with Crippen LogP contribution < -0.4 is 4.74 Å². The second kappa shape index (κ2) is 2.31. The Labute approximate surface area is 64.8 Å². The lowest BCUT2D eigenvalue weighted by Crippen LogP contribution is -1.90. The van der Waals surface area contributed by atoms with Gasteiger partial charge in [-0.2, -0.15) is 0 Å². The van der Waals surface area contributed by atoms with Crippen LogP contribution in [0, 0.1) is 0 Å². The third-order valence-electron chi connectivity index (χ3n) is 1.62. The Morgan fingerprint density at radius 2 is 2.45 bits per heavy atom. The summed E-state index contributed by atoms with van der Waals surface area (Å²) in [6, 6.07) is 6.02. The molecule has 0 saturated heterocycles. The first-order chi connectivity index (χ1) is 5.40. The standard InChI is InChI=1S/C9H9NO/c1-2-5-11-9-6-7-3-4-8(9)10-7/h2-4,6,10H,1,5H2. The van der Waals surface area contributed by atoms with Gasteiger partial charge in [0.15, 0.2) is 0 Å². The van der Waals surface area contributed by atoms with Gasteiger partial charge in [0.05, 0.1) is 5.52 Å². The van der Waals surface area contributed by atoms with Crippen LogP contribution in [0.4, 0.5) is 0 Å². The van der Waals surface area contributed by atoms with Crippen LogP contribution in [-0.4, -0.2) is 11.6 Å². The molecule has 0 unspecified atom stereocenters. The SMILES string of the molecule is C=CCOc1cc2ccc1[nH]2. The van der Waals surface area contributed by atoms with Gasteiger partial charge in [0.25, 0.3) is 0 Å². The maximum absolute atomic E-state index is 5.36. The molecule has 2 heterocycles. The van der Waals surface area contributed by atoms with Crippen LogP contribution >= 0.6 is 0 Å². The fourth-order valence-electron chi connectivity index (χ4n) is 1.13. The van der Waals surface area contributed by atoms with Gasteiger partial charge in [0.1, 0.15) is 12.4 Å². The minimum atomic E-state index is 0.568. The highest BCUT2D eigenvalue weighted by Crippen LogP contribution is 2.24. The molecule has 2 rings (SSSR count). The van der Waals surface area contributed by atoms with Crippen LogP contribution in [0.5, 0.6) is 5.75 Å². The molecule has 0 aliphatic rings. The van der Waals surface area contributed by atoms with E-state index in [0.29, 0.717) is 6.61 Å². The summed E-state index contributed by atoms with van der Waals surface area (Å²) in [5.41, 5.74) is 2.17. The van der Waals surface area contributed by atoms with E-state index in [9.17, 15) is 0 Å². The molecule has 0 radical (unpaired) electrons. The van der Waals surface area contributed by atoms with E-state index in [2.05, 4.69) is 11.6 Å². The Bertz CT molecular complexity index is 350. The Morgan fingerprint density at radius 3 is 3.00 bits per heavy atom. The molecule has 0 atom stereocenters. The molecule has 0 spiro atoms. The van der Waals surface area contributed by atoms with Gasteiger partial charge in [-0.15, -0.1) is 0 Å². The first-order valence-corrected chi connectivity index (χ1v) is 3.55. The zero-order valence-electron chi connectivity index (χ0n) is 6.13. The van der Waals surface area contributed by atoms with E-state index in [-0.39, 0.29) is 0 Å². The summed E-state index contributed by atoms with van der Waals surface area (Å²) in [6.07, 6.45) is 1.74. The lowest BCUT2D eigenvalue weighted by molar-refractivity contribution is 0.368. The summed E-state index contributed by atoms with van der Waals surface area (Å²) in [6.45, 7) is 4.14. The number of aromatic amines is 1. The van der Waals surface area contributed by atoms with Crippen molar-refractivity contribution in [2.45, 2.75) is 0 Å². The summed E-state index contributed by atoms with van der Waals surface area (Å²) in [5.74, 6) is 0.919.